The Balaban J connectivity index is 2.21. The van der Waals surface area contributed by atoms with E-state index >= 15 is 0 Å². The lowest BCUT2D eigenvalue weighted by atomic mass is 10.2. The van der Waals surface area contributed by atoms with Gasteiger partial charge in [-0.1, -0.05) is 0 Å². The molecule has 0 atom stereocenters. The standard InChI is InChI=1S/C11H6F2IN3O/c12-7-4-8(14)10(16-5-7)17-11(18)6-1-2-15-9(13)3-6/h1-5H,(H,16,17,18). The van der Waals surface area contributed by atoms with Crippen molar-refractivity contribution >= 4 is 34.3 Å². The van der Waals surface area contributed by atoms with Gasteiger partial charge in [-0.15, -0.1) is 0 Å². The van der Waals surface area contributed by atoms with Crippen LogP contribution in [0.25, 0.3) is 0 Å². The molecule has 4 nitrogen and oxygen atoms in total. The molecule has 0 bridgehead atoms. The third-order valence-corrected chi connectivity index (χ3v) is 2.85. The highest BCUT2D eigenvalue weighted by molar-refractivity contribution is 14.1. The topological polar surface area (TPSA) is 54.9 Å². The van der Waals surface area contributed by atoms with Gasteiger partial charge >= 0.3 is 0 Å². The smallest absolute Gasteiger partial charge is 0.257 e. The van der Waals surface area contributed by atoms with Gasteiger partial charge in [-0.05, 0) is 34.7 Å². The van der Waals surface area contributed by atoms with Gasteiger partial charge in [0.05, 0.1) is 9.77 Å². The molecule has 7 heteroatoms. The molecule has 2 rings (SSSR count). The van der Waals surface area contributed by atoms with Gasteiger partial charge in [-0.25, -0.2) is 14.4 Å². The van der Waals surface area contributed by atoms with E-state index in [1.54, 1.807) is 0 Å². The van der Waals surface area contributed by atoms with E-state index in [0.29, 0.717) is 3.57 Å². The van der Waals surface area contributed by atoms with E-state index in [-0.39, 0.29) is 11.4 Å². The minimum Gasteiger partial charge on any atom is -0.306 e. The number of nitrogens with zero attached hydrogens (tertiary/aromatic N) is 2. The van der Waals surface area contributed by atoms with Gasteiger partial charge < -0.3 is 5.32 Å². The first kappa shape index (κ1) is 12.8. The Morgan fingerprint density at radius 1 is 1.28 bits per heavy atom. The first-order valence-electron chi connectivity index (χ1n) is 4.80. The van der Waals surface area contributed by atoms with E-state index in [1.165, 1.54) is 18.3 Å². The number of aromatic nitrogens is 2. The molecule has 0 saturated heterocycles. The molecule has 0 aromatic carbocycles. The molecule has 0 unspecified atom stereocenters. The number of nitrogens with one attached hydrogen (secondary N) is 1. The molecule has 0 aliphatic heterocycles. The van der Waals surface area contributed by atoms with Crippen LogP contribution >= 0.6 is 22.6 Å². The minimum atomic E-state index is -0.746. The summed E-state index contributed by atoms with van der Waals surface area (Å²) >= 11 is 1.84. The number of carbonyl (C=O) groups is 1. The van der Waals surface area contributed by atoms with E-state index in [0.717, 1.165) is 12.3 Å². The maximum atomic E-state index is 12.8. The molecule has 0 aliphatic rings. The molecule has 0 aliphatic carbocycles. The Bertz CT molecular complexity index is 607. The maximum absolute atomic E-state index is 12.8. The highest BCUT2D eigenvalue weighted by atomic mass is 127. The lowest BCUT2D eigenvalue weighted by molar-refractivity contribution is 0.102. The van der Waals surface area contributed by atoms with Crippen LogP contribution in [-0.4, -0.2) is 15.9 Å². The summed E-state index contributed by atoms with van der Waals surface area (Å²) in [5, 5.41) is 2.46. The van der Waals surface area contributed by atoms with Gasteiger partial charge in [0.2, 0.25) is 5.95 Å². The number of anilines is 1. The summed E-state index contributed by atoms with van der Waals surface area (Å²) in [7, 11) is 0. The van der Waals surface area contributed by atoms with Gasteiger partial charge in [-0.2, -0.15) is 4.39 Å². The van der Waals surface area contributed by atoms with E-state index in [4.69, 9.17) is 0 Å². The zero-order valence-corrected chi connectivity index (χ0v) is 11.0. The van der Waals surface area contributed by atoms with Crippen LogP contribution < -0.4 is 5.32 Å². The Hall–Kier alpha value is -1.64. The second-order valence-corrected chi connectivity index (χ2v) is 4.47. The van der Waals surface area contributed by atoms with Crippen LogP contribution in [-0.2, 0) is 0 Å². The normalized spacial score (nSPS) is 10.2. The quantitative estimate of drug-likeness (QED) is 0.661. The molecule has 0 spiro atoms. The molecule has 2 aromatic rings. The highest BCUT2D eigenvalue weighted by Crippen LogP contribution is 2.16. The fourth-order valence-electron chi connectivity index (χ4n) is 1.23. The molecule has 0 fully saturated rings. The number of hydrogen-bond acceptors (Lipinski definition) is 3. The van der Waals surface area contributed by atoms with Crippen molar-refractivity contribution in [1.29, 1.82) is 0 Å². The van der Waals surface area contributed by atoms with Crippen molar-refractivity contribution in [2.75, 3.05) is 5.32 Å². The van der Waals surface area contributed by atoms with Crippen LogP contribution in [0.15, 0.2) is 30.6 Å². The molecule has 1 N–H and O–H groups in total. The summed E-state index contributed by atoms with van der Waals surface area (Å²) in [6.45, 7) is 0. The summed E-state index contributed by atoms with van der Waals surface area (Å²) < 4.78 is 26.1. The van der Waals surface area contributed by atoms with Crippen molar-refractivity contribution in [2.45, 2.75) is 0 Å². The van der Waals surface area contributed by atoms with Crippen LogP contribution in [0, 0.1) is 15.3 Å². The van der Waals surface area contributed by atoms with Gasteiger partial charge in [0.25, 0.3) is 5.91 Å². The minimum absolute atomic E-state index is 0.115. The molecule has 1 amide bonds. The monoisotopic (exact) mass is 361 g/mol. The summed E-state index contributed by atoms with van der Waals surface area (Å²) in [6, 6.07) is 3.61. The largest absolute Gasteiger partial charge is 0.306 e. The summed E-state index contributed by atoms with van der Waals surface area (Å²) in [6.07, 6.45) is 2.18. The van der Waals surface area contributed by atoms with Crippen molar-refractivity contribution in [3.63, 3.8) is 0 Å². The molecule has 18 heavy (non-hydrogen) atoms. The number of rotatable bonds is 2. The summed E-state index contributed by atoms with van der Waals surface area (Å²) in [5.41, 5.74) is 0.115. The number of amides is 1. The summed E-state index contributed by atoms with van der Waals surface area (Å²) in [4.78, 5) is 18.8. The summed E-state index contributed by atoms with van der Waals surface area (Å²) in [5.74, 6) is -1.55. The Kier molecular flexibility index (Phi) is 3.80. The lowest BCUT2D eigenvalue weighted by Crippen LogP contribution is -2.14. The van der Waals surface area contributed by atoms with E-state index < -0.39 is 17.7 Å². The van der Waals surface area contributed by atoms with Crippen molar-refractivity contribution in [1.82, 2.24) is 9.97 Å². The van der Waals surface area contributed by atoms with E-state index in [1.807, 2.05) is 22.6 Å². The molecule has 92 valence electrons. The fourth-order valence-corrected chi connectivity index (χ4v) is 1.80. The number of pyridine rings is 2. The van der Waals surface area contributed by atoms with Crippen LogP contribution in [0.1, 0.15) is 10.4 Å². The second-order valence-electron chi connectivity index (χ2n) is 3.31. The van der Waals surface area contributed by atoms with Gasteiger partial charge in [0, 0.05) is 17.8 Å². The highest BCUT2D eigenvalue weighted by Gasteiger charge is 2.10. The molecule has 2 heterocycles. The number of carbonyl (C=O) groups excluding carboxylic acids is 1. The second kappa shape index (κ2) is 5.34. The first-order chi connectivity index (χ1) is 8.56. The van der Waals surface area contributed by atoms with Crippen LogP contribution in [0.5, 0.6) is 0 Å². The maximum Gasteiger partial charge on any atom is 0.257 e. The Morgan fingerprint density at radius 3 is 2.72 bits per heavy atom. The van der Waals surface area contributed by atoms with Crippen LogP contribution in [0.4, 0.5) is 14.6 Å². The molecule has 0 saturated carbocycles. The van der Waals surface area contributed by atoms with Crippen LogP contribution in [0.2, 0.25) is 0 Å². The molecular weight excluding hydrogens is 355 g/mol. The Labute approximate surface area is 115 Å². The first-order valence-corrected chi connectivity index (χ1v) is 5.88. The van der Waals surface area contributed by atoms with E-state index in [9.17, 15) is 13.6 Å². The zero-order valence-electron chi connectivity index (χ0n) is 8.82. The van der Waals surface area contributed by atoms with Crippen molar-refractivity contribution in [2.24, 2.45) is 0 Å². The van der Waals surface area contributed by atoms with Gasteiger partial charge in [0.15, 0.2) is 0 Å². The fraction of sp³-hybridized carbons (Fsp3) is 0. The SMILES string of the molecule is O=C(Nc1ncc(F)cc1I)c1ccnc(F)c1. The Morgan fingerprint density at radius 2 is 2.06 bits per heavy atom. The van der Waals surface area contributed by atoms with Crippen molar-refractivity contribution < 1.29 is 13.6 Å². The van der Waals surface area contributed by atoms with Crippen LogP contribution in [0.3, 0.4) is 0 Å². The predicted molar refractivity (Wildman–Crippen MR) is 69.1 cm³/mol. The average Bonchev–Trinajstić information content (AvgIpc) is 2.32. The third kappa shape index (κ3) is 2.97. The predicted octanol–water partition coefficient (Wildman–Crippen LogP) is 2.61. The van der Waals surface area contributed by atoms with Crippen molar-refractivity contribution in [3.8, 4) is 0 Å². The number of halogens is 3. The average molecular weight is 361 g/mol. The zero-order chi connectivity index (χ0) is 13.1. The van der Waals surface area contributed by atoms with Gasteiger partial charge in [-0.3, -0.25) is 4.79 Å². The van der Waals surface area contributed by atoms with Crippen molar-refractivity contribution in [3.05, 3.63) is 51.5 Å². The number of hydrogen-bond donors (Lipinski definition) is 1. The molecule has 2 aromatic heterocycles. The van der Waals surface area contributed by atoms with E-state index in [2.05, 4.69) is 15.3 Å². The lowest BCUT2D eigenvalue weighted by Gasteiger charge is -2.06. The molecule has 0 radical (unpaired) electrons. The molecular formula is C11H6F2IN3O. The van der Waals surface area contributed by atoms with Gasteiger partial charge in [0.1, 0.15) is 11.6 Å². The third-order valence-electron chi connectivity index (χ3n) is 2.03.